The molecule has 2 N–H and O–H groups in total. The van der Waals surface area contributed by atoms with Gasteiger partial charge in [-0.05, 0) is 46.7 Å². The van der Waals surface area contributed by atoms with Crippen LogP contribution in [-0.4, -0.2) is 30.4 Å². The first-order valence-corrected chi connectivity index (χ1v) is 8.06. The van der Waals surface area contributed by atoms with Gasteiger partial charge in [-0.25, -0.2) is 9.78 Å². The van der Waals surface area contributed by atoms with E-state index < -0.39 is 6.09 Å². The summed E-state index contributed by atoms with van der Waals surface area (Å²) in [5, 5.41) is 11.8. The van der Waals surface area contributed by atoms with Gasteiger partial charge in [0.1, 0.15) is 5.75 Å². The van der Waals surface area contributed by atoms with Crippen molar-refractivity contribution >= 4 is 6.09 Å². The fourth-order valence-electron chi connectivity index (χ4n) is 3.56. The Morgan fingerprint density at radius 3 is 2.68 bits per heavy atom. The average Bonchev–Trinajstić information content (AvgIpc) is 2.82. The molecule has 1 heterocycles. The first-order chi connectivity index (χ1) is 11.9. The first-order valence-electron chi connectivity index (χ1n) is 8.06. The molecule has 0 aliphatic heterocycles. The Labute approximate surface area is 146 Å². The van der Waals surface area contributed by atoms with Crippen LogP contribution in [0.25, 0.3) is 11.1 Å². The minimum absolute atomic E-state index is 0.208. The molecular formula is C19H22N2O4. The normalized spacial score (nSPS) is 17.7. The Balaban J connectivity index is 2.11. The molecular weight excluding hydrogens is 320 g/mol. The Hall–Kier alpha value is -2.76. The lowest BCUT2D eigenvalue weighted by atomic mass is 9.85. The van der Waals surface area contributed by atoms with Crippen molar-refractivity contribution in [3.8, 4) is 22.8 Å². The molecule has 0 spiro atoms. The van der Waals surface area contributed by atoms with E-state index in [1.807, 2.05) is 18.2 Å². The first kappa shape index (κ1) is 17.1. The van der Waals surface area contributed by atoms with Crippen molar-refractivity contribution in [2.45, 2.75) is 26.3 Å². The number of pyridine rings is 1. The van der Waals surface area contributed by atoms with Crippen molar-refractivity contribution in [3.63, 3.8) is 0 Å². The fraction of sp³-hybridized carbons (Fsp3) is 0.368. The molecule has 0 fully saturated rings. The van der Waals surface area contributed by atoms with Crippen molar-refractivity contribution in [2.75, 3.05) is 14.2 Å². The zero-order valence-electron chi connectivity index (χ0n) is 14.8. The van der Waals surface area contributed by atoms with E-state index in [2.05, 4.69) is 30.2 Å². The third kappa shape index (κ3) is 3.12. The number of rotatable bonds is 4. The van der Waals surface area contributed by atoms with Crippen LogP contribution in [0.15, 0.2) is 30.5 Å². The van der Waals surface area contributed by atoms with Crippen LogP contribution in [-0.2, 0) is 6.42 Å². The summed E-state index contributed by atoms with van der Waals surface area (Å²) in [5.74, 6) is 1.23. The lowest BCUT2D eigenvalue weighted by Gasteiger charge is -2.27. The van der Waals surface area contributed by atoms with E-state index in [0.717, 1.165) is 28.7 Å². The van der Waals surface area contributed by atoms with E-state index in [1.165, 1.54) is 0 Å². The van der Waals surface area contributed by atoms with Crippen LogP contribution in [0, 0.1) is 5.41 Å². The minimum atomic E-state index is -1.02. The summed E-state index contributed by atoms with van der Waals surface area (Å²) < 4.78 is 10.8. The second-order valence-electron chi connectivity index (χ2n) is 6.89. The molecule has 1 aliphatic carbocycles. The molecule has 0 radical (unpaired) electrons. The van der Waals surface area contributed by atoms with Crippen molar-refractivity contribution in [2.24, 2.45) is 5.41 Å². The third-order valence-electron chi connectivity index (χ3n) is 4.72. The van der Waals surface area contributed by atoms with Crippen LogP contribution in [0.5, 0.6) is 11.6 Å². The smallest absolute Gasteiger partial charge is 0.405 e. The Kier molecular flexibility index (Phi) is 4.29. The summed E-state index contributed by atoms with van der Waals surface area (Å²) in [6.45, 7) is 4.13. The van der Waals surface area contributed by atoms with Crippen LogP contribution < -0.4 is 14.8 Å². The topological polar surface area (TPSA) is 80.7 Å². The van der Waals surface area contributed by atoms with Gasteiger partial charge in [0.15, 0.2) is 0 Å². The summed E-state index contributed by atoms with van der Waals surface area (Å²) in [6, 6.07) is 7.51. The van der Waals surface area contributed by atoms with E-state index in [9.17, 15) is 9.90 Å². The Morgan fingerprint density at radius 2 is 2.04 bits per heavy atom. The molecule has 1 aromatic carbocycles. The molecule has 1 aliphatic rings. The molecule has 6 heteroatoms. The number of methoxy groups -OCH3 is 2. The van der Waals surface area contributed by atoms with Crippen LogP contribution in [0.3, 0.4) is 0 Å². The number of fused-ring (bicyclic) bond motifs is 1. The standard InChI is InChI=1S/C19H22N2O4/c1-19(2)10-12-7-13(11-5-6-20-16(8-11)25-4)15(24-3)9-14(12)17(19)21-18(22)23/h5-9,17,21H,10H2,1-4H3,(H,22,23). The maximum absolute atomic E-state index is 11.2. The van der Waals surface area contributed by atoms with E-state index in [4.69, 9.17) is 9.47 Å². The molecule has 0 saturated heterocycles. The van der Waals surface area contributed by atoms with E-state index >= 15 is 0 Å². The van der Waals surface area contributed by atoms with Gasteiger partial charge in [0.05, 0.1) is 20.3 Å². The van der Waals surface area contributed by atoms with Crippen molar-refractivity contribution in [1.82, 2.24) is 10.3 Å². The number of nitrogens with one attached hydrogen (secondary N) is 1. The number of carboxylic acid groups (broad SMARTS) is 1. The van der Waals surface area contributed by atoms with Crippen molar-refractivity contribution in [1.29, 1.82) is 0 Å². The second-order valence-corrected chi connectivity index (χ2v) is 6.89. The summed E-state index contributed by atoms with van der Waals surface area (Å²) >= 11 is 0. The number of carbonyl (C=O) groups is 1. The van der Waals surface area contributed by atoms with Gasteiger partial charge in [0.25, 0.3) is 0 Å². The molecule has 0 bridgehead atoms. The quantitative estimate of drug-likeness (QED) is 0.886. The lowest BCUT2D eigenvalue weighted by Crippen LogP contribution is -2.34. The molecule has 132 valence electrons. The van der Waals surface area contributed by atoms with Gasteiger partial charge in [0, 0.05) is 17.8 Å². The molecule has 25 heavy (non-hydrogen) atoms. The highest BCUT2D eigenvalue weighted by Crippen LogP contribution is 2.48. The highest BCUT2D eigenvalue weighted by Gasteiger charge is 2.40. The lowest BCUT2D eigenvalue weighted by molar-refractivity contribution is 0.175. The molecule has 0 saturated carbocycles. The zero-order chi connectivity index (χ0) is 18.2. The summed E-state index contributed by atoms with van der Waals surface area (Å²) in [6.07, 6.45) is 1.46. The molecule has 3 rings (SSSR count). The minimum Gasteiger partial charge on any atom is -0.496 e. The number of ether oxygens (including phenoxy) is 2. The number of hydrogen-bond donors (Lipinski definition) is 2. The number of benzene rings is 1. The van der Waals surface area contributed by atoms with E-state index in [1.54, 1.807) is 20.4 Å². The number of aromatic nitrogens is 1. The average molecular weight is 342 g/mol. The zero-order valence-corrected chi connectivity index (χ0v) is 14.8. The molecule has 2 aromatic rings. The Morgan fingerprint density at radius 1 is 1.28 bits per heavy atom. The van der Waals surface area contributed by atoms with E-state index in [-0.39, 0.29) is 11.5 Å². The van der Waals surface area contributed by atoms with Gasteiger partial charge >= 0.3 is 6.09 Å². The number of amides is 1. The van der Waals surface area contributed by atoms with E-state index in [0.29, 0.717) is 11.6 Å². The maximum Gasteiger partial charge on any atom is 0.405 e. The van der Waals surface area contributed by atoms with Crippen LogP contribution in [0.1, 0.15) is 31.0 Å². The van der Waals surface area contributed by atoms with Gasteiger partial charge in [-0.2, -0.15) is 0 Å². The van der Waals surface area contributed by atoms with Crippen molar-refractivity contribution in [3.05, 3.63) is 41.6 Å². The molecule has 1 unspecified atom stereocenters. The van der Waals surface area contributed by atoms with Gasteiger partial charge in [0.2, 0.25) is 5.88 Å². The SMILES string of the molecule is COc1cc(-c2cc3c(cc2OC)C(NC(=O)O)C(C)(C)C3)ccn1. The van der Waals surface area contributed by atoms with Crippen LogP contribution in [0.2, 0.25) is 0 Å². The van der Waals surface area contributed by atoms with Crippen LogP contribution in [0.4, 0.5) is 4.79 Å². The highest BCUT2D eigenvalue weighted by molar-refractivity contribution is 5.74. The number of nitrogens with zero attached hydrogens (tertiary/aromatic N) is 1. The predicted octanol–water partition coefficient (Wildman–Crippen LogP) is 3.66. The monoisotopic (exact) mass is 342 g/mol. The highest BCUT2D eigenvalue weighted by atomic mass is 16.5. The summed E-state index contributed by atoms with van der Waals surface area (Å²) in [4.78, 5) is 15.3. The van der Waals surface area contributed by atoms with Crippen molar-refractivity contribution < 1.29 is 19.4 Å². The van der Waals surface area contributed by atoms with Crippen LogP contribution >= 0.6 is 0 Å². The largest absolute Gasteiger partial charge is 0.496 e. The summed E-state index contributed by atoms with van der Waals surface area (Å²) in [5.41, 5.74) is 3.76. The fourth-order valence-corrected chi connectivity index (χ4v) is 3.56. The molecule has 1 amide bonds. The second kappa shape index (κ2) is 6.27. The number of hydrogen-bond acceptors (Lipinski definition) is 4. The summed E-state index contributed by atoms with van der Waals surface area (Å²) in [7, 11) is 3.19. The maximum atomic E-state index is 11.2. The third-order valence-corrected chi connectivity index (χ3v) is 4.72. The van der Waals surface area contributed by atoms with Gasteiger partial charge in [-0.3, -0.25) is 0 Å². The molecule has 1 aromatic heterocycles. The van der Waals surface area contributed by atoms with Gasteiger partial charge in [-0.1, -0.05) is 13.8 Å². The van der Waals surface area contributed by atoms with Gasteiger partial charge in [-0.15, -0.1) is 0 Å². The van der Waals surface area contributed by atoms with Gasteiger partial charge < -0.3 is 19.9 Å². The predicted molar refractivity (Wildman–Crippen MR) is 94.2 cm³/mol. The molecule has 6 nitrogen and oxygen atoms in total. The molecule has 1 atom stereocenters. The Bertz CT molecular complexity index is 817.